The maximum atomic E-state index is 11.0. The minimum Gasteiger partial charge on any atom is -0.466 e. The maximum Gasteiger partial charge on any atom is 0.331 e. The molecule has 17 heavy (non-hydrogen) atoms. The average molecular weight is 241 g/mol. The highest BCUT2D eigenvalue weighted by molar-refractivity contribution is 6.14. The molecular formula is C10H11NO6. The first-order valence-corrected chi connectivity index (χ1v) is 4.80. The van der Waals surface area contributed by atoms with E-state index in [9.17, 15) is 19.2 Å². The standard InChI is InChI=1S/C10H11NO6/c1-16-9(14)2-3-10(15)17-5-4-11-7(12)6-8(11)13/h2-3H,4-6H2,1H3. The fourth-order valence-corrected chi connectivity index (χ4v) is 1.11. The summed E-state index contributed by atoms with van der Waals surface area (Å²) in [7, 11) is 1.18. The van der Waals surface area contributed by atoms with Crippen molar-refractivity contribution >= 4 is 23.8 Å². The molecule has 7 heteroatoms. The number of ether oxygens (including phenoxy) is 2. The summed E-state index contributed by atoms with van der Waals surface area (Å²) in [5, 5.41) is 0. The number of rotatable bonds is 5. The summed E-state index contributed by atoms with van der Waals surface area (Å²) in [6.45, 7) is -0.0582. The second-order valence-electron chi connectivity index (χ2n) is 3.14. The van der Waals surface area contributed by atoms with Crippen molar-refractivity contribution in [2.75, 3.05) is 20.3 Å². The number of imide groups is 1. The summed E-state index contributed by atoms with van der Waals surface area (Å²) >= 11 is 0. The van der Waals surface area contributed by atoms with Gasteiger partial charge in [0.05, 0.1) is 13.7 Å². The quantitative estimate of drug-likeness (QED) is 0.266. The minimum absolute atomic E-state index is 0.0372. The Kier molecular flexibility index (Phi) is 4.38. The number of carbonyl (C=O) groups excluding carboxylic acids is 4. The molecule has 1 rings (SSSR count). The van der Waals surface area contributed by atoms with Gasteiger partial charge in [-0.3, -0.25) is 14.5 Å². The molecule has 0 aromatic carbocycles. The molecule has 1 aliphatic heterocycles. The van der Waals surface area contributed by atoms with E-state index in [-0.39, 0.29) is 31.4 Å². The van der Waals surface area contributed by atoms with Crippen LogP contribution >= 0.6 is 0 Å². The molecule has 1 fully saturated rings. The van der Waals surface area contributed by atoms with E-state index in [0.717, 1.165) is 17.1 Å². The Balaban J connectivity index is 2.20. The molecule has 1 aliphatic rings. The van der Waals surface area contributed by atoms with Crippen LogP contribution in [0.1, 0.15) is 6.42 Å². The fourth-order valence-electron chi connectivity index (χ4n) is 1.11. The monoisotopic (exact) mass is 241 g/mol. The van der Waals surface area contributed by atoms with Crippen LogP contribution in [0.15, 0.2) is 12.2 Å². The molecule has 1 saturated heterocycles. The topological polar surface area (TPSA) is 90.0 Å². The van der Waals surface area contributed by atoms with Crippen LogP contribution in [0.25, 0.3) is 0 Å². The van der Waals surface area contributed by atoms with E-state index in [2.05, 4.69) is 9.47 Å². The summed E-state index contributed by atoms with van der Waals surface area (Å²) < 4.78 is 8.93. The normalized spacial score (nSPS) is 14.8. The lowest BCUT2D eigenvalue weighted by Crippen LogP contribution is -2.50. The van der Waals surface area contributed by atoms with Gasteiger partial charge in [-0.2, -0.15) is 0 Å². The molecule has 0 saturated carbocycles. The van der Waals surface area contributed by atoms with Crippen LogP contribution < -0.4 is 0 Å². The molecule has 1 heterocycles. The van der Waals surface area contributed by atoms with Gasteiger partial charge >= 0.3 is 11.9 Å². The molecule has 0 aromatic rings. The smallest absolute Gasteiger partial charge is 0.331 e. The fraction of sp³-hybridized carbons (Fsp3) is 0.400. The third-order valence-corrected chi connectivity index (χ3v) is 2.02. The molecule has 0 unspecified atom stereocenters. The van der Waals surface area contributed by atoms with Crippen LogP contribution in [0, 0.1) is 0 Å². The first-order chi connectivity index (χ1) is 8.04. The SMILES string of the molecule is COC(=O)C=CC(=O)OCCN1C(=O)CC1=O. The van der Waals surface area contributed by atoms with Crippen LogP contribution in [-0.2, 0) is 28.7 Å². The zero-order valence-corrected chi connectivity index (χ0v) is 9.17. The highest BCUT2D eigenvalue weighted by atomic mass is 16.5. The lowest BCUT2D eigenvalue weighted by Gasteiger charge is -2.27. The Morgan fingerprint density at radius 2 is 1.82 bits per heavy atom. The van der Waals surface area contributed by atoms with Gasteiger partial charge in [0.25, 0.3) is 0 Å². The second kappa shape index (κ2) is 5.78. The molecule has 0 aliphatic carbocycles. The lowest BCUT2D eigenvalue weighted by molar-refractivity contribution is -0.159. The first-order valence-electron chi connectivity index (χ1n) is 4.80. The van der Waals surface area contributed by atoms with Gasteiger partial charge in [0.15, 0.2) is 0 Å². The number of carbonyl (C=O) groups is 4. The van der Waals surface area contributed by atoms with Crippen LogP contribution in [0.4, 0.5) is 0 Å². The number of methoxy groups -OCH3 is 1. The van der Waals surface area contributed by atoms with E-state index < -0.39 is 11.9 Å². The van der Waals surface area contributed by atoms with Crippen molar-refractivity contribution in [1.29, 1.82) is 0 Å². The van der Waals surface area contributed by atoms with Gasteiger partial charge in [0.1, 0.15) is 13.0 Å². The molecule has 0 aromatic heterocycles. The van der Waals surface area contributed by atoms with Gasteiger partial charge in [-0.05, 0) is 0 Å². The van der Waals surface area contributed by atoms with Crippen LogP contribution in [0.2, 0.25) is 0 Å². The average Bonchev–Trinajstić information content (AvgIpc) is 2.31. The van der Waals surface area contributed by atoms with E-state index in [4.69, 9.17) is 0 Å². The molecule has 2 amide bonds. The van der Waals surface area contributed by atoms with Crippen molar-refractivity contribution < 1.29 is 28.7 Å². The Bertz CT molecular complexity index is 372. The van der Waals surface area contributed by atoms with Gasteiger partial charge in [0, 0.05) is 12.2 Å². The number of hydrogen-bond acceptors (Lipinski definition) is 6. The summed E-state index contributed by atoms with van der Waals surface area (Å²) in [4.78, 5) is 44.4. The van der Waals surface area contributed by atoms with Crippen molar-refractivity contribution in [1.82, 2.24) is 4.90 Å². The Morgan fingerprint density at radius 1 is 1.24 bits per heavy atom. The van der Waals surface area contributed by atoms with Gasteiger partial charge in [-0.25, -0.2) is 9.59 Å². The Morgan fingerprint density at radius 3 is 2.35 bits per heavy atom. The lowest BCUT2D eigenvalue weighted by atomic mass is 10.2. The Hall–Kier alpha value is -2.18. The number of likely N-dealkylation sites (tertiary alicyclic amines) is 1. The van der Waals surface area contributed by atoms with Crippen molar-refractivity contribution in [3.05, 3.63) is 12.2 Å². The van der Waals surface area contributed by atoms with E-state index in [0.29, 0.717) is 0 Å². The van der Waals surface area contributed by atoms with Crippen LogP contribution in [0.5, 0.6) is 0 Å². The second-order valence-corrected chi connectivity index (χ2v) is 3.14. The number of nitrogens with zero attached hydrogens (tertiary/aromatic N) is 1. The van der Waals surface area contributed by atoms with E-state index in [1.807, 2.05) is 0 Å². The number of β-lactam (4-membered cyclic amide) rings is 2. The highest BCUT2D eigenvalue weighted by Gasteiger charge is 2.33. The largest absolute Gasteiger partial charge is 0.466 e. The Labute approximate surface area is 97.0 Å². The summed E-state index contributed by atoms with van der Waals surface area (Å²) in [6.07, 6.45) is 1.74. The first kappa shape index (κ1) is 12.9. The summed E-state index contributed by atoms with van der Waals surface area (Å²) in [6, 6.07) is 0. The van der Waals surface area contributed by atoms with Gasteiger partial charge in [-0.15, -0.1) is 0 Å². The van der Waals surface area contributed by atoms with Crippen molar-refractivity contribution in [3.8, 4) is 0 Å². The molecule has 0 spiro atoms. The van der Waals surface area contributed by atoms with Crippen LogP contribution in [-0.4, -0.2) is 48.9 Å². The molecule has 0 radical (unpaired) electrons. The van der Waals surface area contributed by atoms with Crippen molar-refractivity contribution in [2.45, 2.75) is 6.42 Å². The molecule has 0 bridgehead atoms. The van der Waals surface area contributed by atoms with Crippen LogP contribution in [0.3, 0.4) is 0 Å². The van der Waals surface area contributed by atoms with Crippen molar-refractivity contribution in [2.24, 2.45) is 0 Å². The molecule has 0 atom stereocenters. The number of esters is 2. The molecule has 92 valence electrons. The number of hydrogen-bond donors (Lipinski definition) is 0. The number of amides is 2. The predicted molar refractivity (Wildman–Crippen MR) is 53.5 cm³/mol. The third kappa shape index (κ3) is 3.71. The third-order valence-electron chi connectivity index (χ3n) is 2.02. The molecular weight excluding hydrogens is 230 g/mol. The van der Waals surface area contributed by atoms with E-state index in [1.165, 1.54) is 7.11 Å². The molecule has 7 nitrogen and oxygen atoms in total. The predicted octanol–water partition coefficient (Wildman–Crippen LogP) is -0.982. The highest BCUT2D eigenvalue weighted by Crippen LogP contribution is 2.09. The zero-order chi connectivity index (χ0) is 12.8. The zero-order valence-electron chi connectivity index (χ0n) is 9.17. The van der Waals surface area contributed by atoms with Gasteiger partial charge in [-0.1, -0.05) is 0 Å². The van der Waals surface area contributed by atoms with Gasteiger partial charge < -0.3 is 9.47 Å². The minimum atomic E-state index is -0.740. The van der Waals surface area contributed by atoms with E-state index >= 15 is 0 Å². The van der Waals surface area contributed by atoms with E-state index in [1.54, 1.807) is 0 Å². The maximum absolute atomic E-state index is 11.0. The van der Waals surface area contributed by atoms with Crippen molar-refractivity contribution in [3.63, 3.8) is 0 Å². The van der Waals surface area contributed by atoms with Gasteiger partial charge in [0.2, 0.25) is 11.8 Å². The summed E-state index contributed by atoms with van der Waals surface area (Å²) in [5.41, 5.74) is 0. The molecule has 0 N–H and O–H groups in total. The summed E-state index contributed by atoms with van der Waals surface area (Å²) in [5.74, 6) is -1.97.